The van der Waals surface area contributed by atoms with E-state index in [9.17, 15) is 9.59 Å². The smallest absolute Gasteiger partial charge is 0.317 e. The van der Waals surface area contributed by atoms with Gasteiger partial charge in [0.1, 0.15) is 0 Å². The Balaban J connectivity index is 2.32. The first-order valence-electron chi connectivity index (χ1n) is 5.87. The van der Waals surface area contributed by atoms with Crippen molar-refractivity contribution in [2.45, 2.75) is 25.0 Å². The normalized spacial score (nSPS) is 20.4. The van der Waals surface area contributed by atoms with Gasteiger partial charge < -0.3 is 20.1 Å². The Kier molecular flexibility index (Phi) is 6.28. The van der Waals surface area contributed by atoms with Gasteiger partial charge in [-0.1, -0.05) is 0 Å². The Bertz CT molecular complexity index is 295. The van der Waals surface area contributed by atoms with Crippen molar-refractivity contribution in [3.05, 3.63) is 0 Å². The summed E-state index contributed by atoms with van der Waals surface area (Å²) in [5.74, 6) is 1.12. The minimum atomic E-state index is -0.934. The summed E-state index contributed by atoms with van der Waals surface area (Å²) in [6.45, 7) is 0.214. The van der Waals surface area contributed by atoms with Gasteiger partial charge in [0.2, 0.25) is 0 Å². The van der Waals surface area contributed by atoms with E-state index in [4.69, 9.17) is 9.84 Å². The van der Waals surface area contributed by atoms with Crippen LogP contribution in [0.15, 0.2) is 0 Å². The van der Waals surface area contributed by atoms with Gasteiger partial charge in [0.05, 0.1) is 12.5 Å². The summed E-state index contributed by atoms with van der Waals surface area (Å²) in [5.41, 5.74) is 0. The third kappa shape index (κ3) is 4.73. The minimum absolute atomic E-state index is 0.111. The molecule has 0 aliphatic carbocycles. The van der Waals surface area contributed by atoms with Crippen LogP contribution in [-0.4, -0.2) is 66.4 Å². The number of aliphatic carboxylic acids is 1. The molecule has 0 saturated carbocycles. The van der Waals surface area contributed by atoms with Crippen molar-refractivity contribution in [2.24, 2.45) is 0 Å². The molecular weight excluding hydrogens is 256 g/mol. The van der Waals surface area contributed by atoms with E-state index in [1.807, 2.05) is 11.8 Å². The molecule has 0 aromatic heterocycles. The highest BCUT2D eigenvalue weighted by Gasteiger charge is 2.24. The zero-order valence-corrected chi connectivity index (χ0v) is 11.5. The Morgan fingerprint density at radius 2 is 2.33 bits per heavy atom. The van der Waals surface area contributed by atoms with Crippen molar-refractivity contribution in [1.82, 2.24) is 10.2 Å². The zero-order chi connectivity index (χ0) is 13.5. The van der Waals surface area contributed by atoms with Crippen molar-refractivity contribution < 1.29 is 19.4 Å². The molecule has 0 radical (unpaired) electrons. The number of urea groups is 1. The van der Waals surface area contributed by atoms with E-state index in [0.717, 1.165) is 17.9 Å². The van der Waals surface area contributed by atoms with E-state index in [0.29, 0.717) is 0 Å². The molecule has 1 fully saturated rings. The lowest BCUT2D eigenvalue weighted by Crippen LogP contribution is -2.46. The van der Waals surface area contributed by atoms with Crippen LogP contribution < -0.4 is 5.32 Å². The van der Waals surface area contributed by atoms with Crippen LogP contribution in [-0.2, 0) is 9.53 Å². The van der Waals surface area contributed by atoms with Crippen LogP contribution in [0.1, 0.15) is 12.8 Å². The third-order valence-electron chi connectivity index (χ3n) is 2.99. The van der Waals surface area contributed by atoms with Crippen LogP contribution in [0.2, 0.25) is 0 Å². The predicted molar refractivity (Wildman–Crippen MR) is 69.9 cm³/mol. The van der Waals surface area contributed by atoms with Gasteiger partial charge in [0.25, 0.3) is 0 Å². The summed E-state index contributed by atoms with van der Waals surface area (Å²) < 4.78 is 5.00. The van der Waals surface area contributed by atoms with Gasteiger partial charge in [-0.3, -0.25) is 4.79 Å². The number of nitrogens with zero attached hydrogens (tertiary/aromatic N) is 1. The van der Waals surface area contributed by atoms with Crippen molar-refractivity contribution in [3.63, 3.8) is 0 Å². The summed E-state index contributed by atoms with van der Waals surface area (Å²) in [4.78, 5) is 24.1. The number of carbonyl (C=O) groups excluding carboxylic acids is 1. The van der Waals surface area contributed by atoms with Gasteiger partial charge >= 0.3 is 12.0 Å². The molecule has 0 bridgehead atoms. The first-order chi connectivity index (χ1) is 8.54. The molecule has 0 aromatic rings. The number of thioether (sulfide) groups is 1. The summed E-state index contributed by atoms with van der Waals surface area (Å²) in [7, 11) is 3.21. The van der Waals surface area contributed by atoms with E-state index in [2.05, 4.69) is 5.32 Å². The van der Waals surface area contributed by atoms with Gasteiger partial charge in [-0.15, -0.1) is 0 Å². The molecule has 2 amide bonds. The first kappa shape index (κ1) is 15.1. The van der Waals surface area contributed by atoms with Crippen molar-refractivity contribution in [3.8, 4) is 0 Å². The number of carbonyl (C=O) groups is 2. The van der Waals surface area contributed by atoms with Crippen molar-refractivity contribution in [1.29, 1.82) is 0 Å². The fraction of sp³-hybridized carbons (Fsp3) is 0.818. The van der Waals surface area contributed by atoms with Crippen LogP contribution >= 0.6 is 11.8 Å². The van der Waals surface area contributed by atoms with E-state index in [-0.39, 0.29) is 25.0 Å². The standard InChI is InChI=1S/C11H20N2O4S/c1-13(8-3-4-18-7-8)11(16)12-6-9(17-2)5-10(14)15/h8-9H,3-7H2,1-2H3,(H,12,16)(H,14,15). The summed E-state index contributed by atoms with van der Waals surface area (Å²) in [6.07, 6.45) is 0.412. The third-order valence-corrected chi connectivity index (χ3v) is 4.14. The number of nitrogens with one attached hydrogen (secondary N) is 1. The number of carboxylic acid groups (broad SMARTS) is 1. The lowest BCUT2D eigenvalue weighted by molar-refractivity contribution is -0.139. The Morgan fingerprint density at radius 3 is 2.83 bits per heavy atom. The SMILES string of the molecule is COC(CNC(=O)N(C)C1CCSC1)CC(=O)O. The van der Waals surface area contributed by atoms with Gasteiger partial charge in [-0.05, 0) is 12.2 Å². The second-order valence-electron chi connectivity index (χ2n) is 4.27. The molecule has 18 heavy (non-hydrogen) atoms. The number of methoxy groups -OCH3 is 1. The van der Waals surface area contributed by atoms with Crippen LogP contribution in [0.3, 0.4) is 0 Å². The summed E-state index contributed by atoms with van der Waals surface area (Å²) in [5, 5.41) is 11.4. The molecule has 1 rings (SSSR count). The summed E-state index contributed by atoms with van der Waals surface area (Å²) >= 11 is 1.84. The molecule has 2 N–H and O–H groups in total. The number of hydrogen-bond donors (Lipinski definition) is 2. The number of hydrogen-bond acceptors (Lipinski definition) is 4. The van der Waals surface area contributed by atoms with Crippen molar-refractivity contribution >= 4 is 23.8 Å². The van der Waals surface area contributed by atoms with Gasteiger partial charge in [-0.25, -0.2) is 4.79 Å². The quantitative estimate of drug-likeness (QED) is 0.743. The highest BCUT2D eigenvalue weighted by Crippen LogP contribution is 2.21. The number of rotatable bonds is 6. The average Bonchev–Trinajstić information content (AvgIpc) is 2.86. The van der Waals surface area contributed by atoms with E-state index >= 15 is 0 Å². The average molecular weight is 276 g/mol. The van der Waals surface area contributed by atoms with Gasteiger partial charge in [-0.2, -0.15) is 11.8 Å². The Labute approximate surface area is 111 Å². The molecule has 104 valence electrons. The van der Waals surface area contributed by atoms with Crippen LogP contribution in [0.4, 0.5) is 4.79 Å². The highest BCUT2D eigenvalue weighted by molar-refractivity contribution is 7.99. The maximum absolute atomic E-state index is 11.8. The molecule has 7 heteroatoms. The molecular formula is C11H20N2O4S. The second-order valence-corrected chi connectivity index (χ2v) is 5.42. The second kappa shape index (κ2) is 7.48. The largest absolute Gasteiger partial charge is 0.481 e. The molecule has 0 spiro atoms. The fourth-order valence-corrected chi connectivity index (χ4v) is 3.02. The van der Waals surface area contributed by atoms with Crippen molar-refractivity contribution in [2.75, 3.05) is 32.2 Å². The maximum atomic E-state index is 11.8. The molecule has 1 aliphatic rings. The Morgan fingerprint density at radius 1 is 1.61 bits per heavy atom. The molecule has 1 aliphatic heterocycles. The predicted octanol–water partition coefficient (Wildman–Crippen LogP) is 0.623. The molecule has 2 atom stereocenters. The van der Waals surface area contributed by atoms with Gasteiger partial charge in [0.15, 0.2) is 0 Å². The highest BCUT2D eigenvalue weighted by atomic mass is 32.2. The molecule has 1 heterocycles. The first-order valence-corrected chi connectivity index (χ1v) is 7.03. The summed E-state index contributed by atoms with van der Waals surface area (Å²) in [6, 6.07) is 0.102. The number of amides is 2. The molecule has 6 nitrogen and oxygen atoms in total. The maximum Gasteiger partial charge on any atom is 0.317 e. The Hall–Kier alpha value is -0.950. The van der Waals surface area contributed by atoms with E-state index < -0.39 is 12.1 Å². The van der Waals surface area contributed by atoms with Gasteiger partial charge in [0, 0.05) is 32.5 Å². The van der Waals surface area contributed by atoms with Crippen LogP contribution in [0, 0.1) is 0 Å². The number of ether oxygens (including phenoxy) is 1. The minimum Gasteiger partial charge on any atom is -0.481 e. The lowest BCUT2D eigenvalue weighted by atomic mass is 10.2. The monoisotopic (exact) mass is 276 g/mol. The molecule has 0 aromatic carbocycles. The zero-order valence-electron chi connectivity index (χ0n) is 10.7. The lowest BCUT2D eigenvalue weighted by Gasteiger charge is -2.25. The molecule has 2 unspecified atom stereocenters. The topological polar surface area (TPSA) is 78.9 Å². The molecule has 1 saturated heterocycles. The van der Waals surface area contributed by atoms with Crippen LogP contribution in [0.5, 0.6) is 0 Å². The van der Waals surface area contributed by atoms with E-state index in [1.54, 1.807) is 11.9 Å². The number of carboxylic acids is 1. The fourth-order valence-electron chi connectivity index (χ4n) is 1.75. The van der Waals surface area contributed by atoms with E-state index in [1.165, 1.54) is 7.11 Å². The van der Waals surface area contributed by atoms with Crippen LogP contribution in [0.25, 0.3) is 0 Å².